The van der Waals surface area contributed by atoms with Crippen molar-refractivity contribution in [2.45, 2.75) is 51.4 Å². The molecule has 0 bridgehead atoms. The van der Waals surface area contributed by atoms with Gasteiger partial charge in [-0.3, -0.25) is 9.59 Å². The molecule has 1 heterocycles. The van der Waals surface area contributed by atoms with Crippen LogP contribution < -0.4 is 14.8 Å². The summed E-state index contributed by atoms with van der Waals surface area (Å²) >= 11 is 6.54. The average Bonchev–Trinajstić information content (AvgIpc) is 2.72. The van der Waals surface area contributed by atoms with Crippen LogP contribution in [-0.2, 0) is 9.59 Å². The van der Waals surface area contributed by atoms with Gasteiger partial charge in [0, 0.05) is 41.3 Å². The highest BCUT2D eigenvalue weighted by Gasteiger charge is 2.40. The van der Waals surface area contributed by atoms with Crippen molar-refractivity contribution < 1.29 is 24.2 Å². The second-order valence-electron chi connectivity index (χ2n) is 7.73. The van der Waals surface area contributed by atoms with Crippen LogP contribution >= 0.6 is 11.6 Å². The summed E-state index contributed by atoms with van der Waals surface area (Å²) in [5.74, 6) is 0.517. The lowest BCUT2D eigenvalue weighted by Crippen LogP contribution is -2.36. The Morgan fingerprint density at radius 1 is 1.03 bits per heavy atom. The lowest BCUT2D eigenvalue weighted by Gasteiger charge is -2.37. The van der Waals surface area contributed by atoms with Gasteiger partial charge in [0.15, 0.2) is 23.1 Å². The highest BCUT2D eigenvalue weighted by molar-refractivity contribution is 6.32. The molecule has 30 heavy (non-hydrogen) atoms. The highest BCUT2D eigenvalue weighted by Crippen LogP contribution is 2.48. The van der Waals surface area contributed by atoms with Crippen molar-refractivity contribution in [1.82, 2.24) is 5.32 Å². The molecular formula is C23H26ClNO5. The summed E-state index contributed by atoms with van der Waals surface area (Å²) in [5.41, 5.74) is 3.97. The number of benzene rings is 1. The van der Waals surface area contributed by atoms with E-state index in [0.717, 1.165) is 42.6 Å². The van der Waals surface area contributed by atoms with Gasteiger partial charge in [-0.25, -0.2) is 0 Å². The topological polar surface area (TPSA) is 84.9 Å². The molecule has 0 saturated carbocycles. The van der Waals surface area contributed by atoms with E-state index < -0.39 is 5.92 Å². The standard InChI is InChI=1S/C23H26ClNO5/c1-2-29-19-12-13(11-14(24)23(19)30-10-9-26)20-21-15(5-3-7-17(21)27)25-16-6-4-8-18(28)22(16)20/h11-12,20,25-26H,2-10H2,1H3. The summed E-state index contributed by atoms with van der Waals surface area (Å²) in [7, 11) is 0. The normalized spacial score (nSPS) is 19.4. The molecule has 0 atom stereocenters. The Bertz CT molecular complexity index is 907. The molecule has 6 nitrogen and oxygen atoms in total. The number of carbonyl (C=O) groups is 2. The van der Waals surface area contributed by atoms with E-state index in [0.29, 0.717) is 47.1 Å². The van der Waals surface area contributed by atoms with Crippen molar-refractivity contribution in [3.63, 3.8) is 0 Å². The van der Waals surface area contributed by atoms with Gasteiger partial charge in [-0.05, 0) is 50.3 Å². The number of ether oxygens (including phenoxy) is 2. The second-order valence-corrected chi connectivity index (χ2v) is 8.14. The van der Waals surface area contributed by atoms with E-state index in [9.17, 15) is 9.59 Å². The number of nitrogens with one attached hydrogen (secondary N) is 1. The molecule has 0 saturated heterocycles. The summed E-state index contributed by atoms with van der Waals surface area (Å²) in [6.07, 6.45) is 4.19. The monoisotopic (exact) mass is 431 g/mol. The molecular weight excluding hydrogens is 406 g/mol. The summed E-state index contributed by atoms with van der Waals surface area (Å²) in [6.45, 7) is 2.21. The molecule has 0 spiro atoms. The predicted molar refractivity (Wildman–Crippen MR) is 113 cm³/mol. The van der Waals surface area contributed by atoms with Gasteiger partial charge in [-0.1, -0.05) is 11.6 Å². The summed E-state index contributed by atoms with van der Waals surface area (Å²) in [4.78, 5) is 25.9. The molecule has 1 aromatic rings. The van der Waals surface area contributed by atoms with E-state index in [-0.39, 0.29) is 24.8 Å². The number of Topliss-reactive ketones (excluding diaryl/α,β-unsaturated/α-hetero) is 2. The van der Waals surface area contributed by atoms with Gasteiger partial charge in [0.2, 0.25) is 0 Å². The van der Waals surface area contributed by atoms with Crippen LogP contribution in [-0.4, -0.2) is 36.5 Å². The number of aliphatic hydroxyl groups excluding tert-OH is 1. The third kappa shape index (κ3) is 3.74. The Hall–Kier alpha value is -2.31. The van der Waals surface area contributed by atoms with Gasteiger partial charge < -0.3 is 19.9 Å². The van der Waals surface area contributed by atoms with Gasteiger partial charge >= 0.3 is 0 Å². The van der Waals surface area contributed by atoms with Crippen LogP contribution in [0.3, 0.4) is 0 Å². The van der Waals surface area contributed by atoms with E-state index in [1.165, 1.54) is 0 Å². The molecule has 2 N–H and O–H groups in total. The Morgan fingerprint density at radius 3 is 2.23 bits per heavy atom. The zero-order valence-corrected chi connectivity index (χ0v) is 17.8. The molecule has 4 rings (SSSR count). The number of halogens is 1. The number of allylic oxidation sites excluding steroid dienone is 4. The van der Waals surface area contributed by atoms with Crippen molar-refractivity contribution in [3.05, 3.63) is 45.3 Å². The van der Waals surface area contributed by atoms with Gasteiger partial charge in [-0.15, -0.1) is 0 Å². The van der Waals surface area contributed by atoms with Gasteiger partial charge in [0.25, 0.3) is 0 Å². The average molecular weight is 432 g/mol. The lowest BCUT2D eigenvalue weighted by molar-refractivity contribution is -0.116. The van der Waals surface area contributed by atoms with Crippen molar-refractivity contribution in [1.29, 1.82) is 0 Å². The number of rotatable bonds is 6. The maximum atomic E-state index is 12.9. The number of ketones is 2. The van der Waals surface area contributed by atoms with Crippen molar-refractivity contribution >= 4 is 23.2 Å². The smallest absolute Gasteiger partial charge is 0.179 e. The van der Waals surface area contributed by atoms with Crippen molar-refractivity contribution in [2.24, 2.45) is 0 Å². The third-order valence-electron chi connectivity index (χ3n) is 5.79. The first-order valence-corrected chi connectivity index (χ1v) is 10.9. The van der Waals surface area contributed by atoms with Crippen LogP contribution in [0, 0.1) is 0 Å². The third-order valence-corrected chi connectivity index (χ3v) is 6.07. The van der Waals surface area contributed by atoms with Gasteiger partial charge in [0.1, 0.15) is 6.61 Å². The number of hydrogen-bond donors (Lipinski definition) is 2. The molecule has 1 aromatic carbocycles. The molecule has 0 amide bonds. The number of carbonyl (C=O) groups excluding carboxylic acids is 2. The van der Waals surface area contributed by atoms with Crippen LogP contribution in [0.2, 0.25) is 5.02 Å². The van der Waals surface area contributed by atoms with Crippen LogP contribution in [0.1, 0.15) is 56.9 Å². The van der Waals surface area contributed by atoms with E-state index in [4.69, 9.17) is 26.2 Å². The van der Waals surface area contributed by atoms with E-state index >= 15 is 0 Å². The second kappa shape index (κ2) is 8.82. The Morgan fingerprint density at radius 2 is 1.67 bits per heavy atom. The number of hydrogen-bond acceptors (Lipinski definition) is 6. The maximum absolute atomic E-state index is 12.9. The largest absolute Gasteiger partial charge is 0.490 e. The zero-order valence-electron chi connectivity index (χ0n) is 17.1. The summed E-state index contributed by atoms with van der Waals surface area (Å²) in [6, 6.07) is 3.57. The Labute approximate surface area is 180 Å². The lowest BCUT2D eigenvalue weighted by atomic mass is 9.71. The van der Waals surface area contributed by atoms with E-state index in [1.54, 1.807) is 6.07 Å². The first-order valence-electron chi connectivity index (χ1n) is 10.5. The fourth-order valence-electron chi connectivity index (χ4n) is 4.62. The first kappa shape index (κ1) is 20.9. The minimum absolute atomic E-state index is 0.0772. The van der Waals surface area contributed by atoms with Gasteiger partial charge in [0.05, 0.1) is 18.2 Å². The fourth-order valence-corrected chi connectivity index (χ4v) is 4.90. The Balaban J connectivity index is 1.87. The molecule has 7 heteroatoms. The molecule has 2 aliphatic carbocycles. The van der Waals surface area contributed by atoms with Crippen LogP contribution in [0.25, 0.3) is 0 Å². The molecule has 160 valence electrons. The number of dihydropyridines is 1. The minimum Gasteiger partial charge on any atom is -0.490 e. The van der Waals surface area contributed by atoms with Crippen LogP contribution in [0.4, 0.5) is 0 Å². The summed E-state index contributed by atoms with van der Waals surface area (Å²) < 4.78 is 11.4. The quantitative estimate of drug-likeness (QED) is 0.712. The van der Waals surface area contributed by atoms with Crippen molar-refractivity contribution in [3.8, 4) is 11.5 Å². The fraction of sp³-hybridized carbons (Fsp3) is 0.478. The molecule has 3 aliphatic rings. The van der Waals surface area contributed by atoms with Gasteiger partial charge in [-0.2, -0.15) is 0 Å². The highest BCUT2D eigenvalue weighted by atomic mass is 35.5. The van der Waals surface area contributed by atoms with E-state index in [1.807, 2.05) is 13.0 Å². The number of aliphatic hydroxyl groups is 1. The predicted octanol–water partition coefficient (Wildman–Crippen LogP) is 3.81. The van der Waals surface area contributed by atoms with Crippen molar-refractivity contribution in [2.75, 3.05) is 19.8 Å². The van der Waals surface area contributed by atoms with E-state index in [2.05, 4.69) is 5.32 Å². The zero-order chi connectivity index (χ0) is 21.3. The maximum Gasteiger partial charge on any atom is 0.179 e. The molecule has 0 fully saturated rings. The molecule has 1 aliphatic heterocycles. The summed E-state index contributed by atoms with van der Waals surface area (Å²) in [5, 5.41) is 12.9. The first-order chi connectivity index (χ1) is 14.5. The molecule has 0 radical (unpaired) electrons. The SMILES string of the molecule is CCOc1cc(C2C3=C(CCCC3=O)NC3=C2C(=O)CCC3)cc(Cl)c1OCCO. The molecule has 0 unspecified atom stereocenters. The Kier molecular flexibility index (Phi) is 6.16. The van der Waals surface area contributed by atoms with Crippen LogP contribution in [0.15, 0.2) is 34.7 Å². The molecule has 0 aromatic heterocycles. The minimum atomic E-state index is -0.444. The van der Waals surface area contributed by atoms with Crippen LogP contribution in [0.5, 0.6) is 11.5 Å².